The number of aromatic nitrogens is 1. The Balaban J connectivity index is 2.06. The summed E-state index contributed by atoms with van der Waals surface area (Å²) in [5, 5.41) is 12.6. The van der Waals surface area contributed by atoms with Gasteiger partial charge in [-0.1, -0.05) is 62.2 Å². The second-order valence-corrected chi connectivity index (χ2v) is 8.54. The van der Waals surface area contributed by atoms with Gasteiger partial charge in [-0.25, -0.2) is 0 Å². The molecule has 0 saturated heterocycles. The van der Waals surface area contributed by atoms with Crippen LogP contribution in [-0.4, -0.2) is 15.8 Å². The summed E-state index contributed by atoms with van der Waals surface area (Å²) in [6.07, 6.45) is 0.272. The standard InChI is InChI=1S/C22H19Br2NO/c1-14(26)11-22(15-5-3-2-4-6-15)25-20-9-7-16(23)12-18(20)19-13-17(24)8-10-21(19)25/h2-10,12-14,22,26H,11H2,1H3. The molecule has 4 heteroatoms. The van der Waals surface area contributed by atoms with Crippen LogP contribution >= 0.6 is 31.9 Å². The van der Waals surface area contributed by atoms with Gasteiger partial charge in [0.1, 0.15) is 0 Å². The van der Waals surface area contributed by atoms with Gasteiger partial charge in [0.05, 0.1) is 12.1 Å². The molecule has 1 N–H and O–H groups in total. The zero-order chi connectivity index (χ0) is 18.3. The molecule has 2 atom stereocenters. The second-order valence-electron chi connectivity index (χ2n) is 6.70. The molecule has 0 bridgehead atoms. The maximum absolute atomic E-state index is 10.2. The van der Waals surface area contributed by atoms with Gasteiger partial charge in [0, 0.05) is 30.8 Å². The van der Waals surface area contributed by atoms with Gasteiger partial charge in [-0.15, -0.1) is 0 Å². The molecule has 1 aromatic heterocycles. The Morgan fingerprint density at radius 3 is 1.88 bits per heavy atom. The zero-order valence-electron chi connectivity index (χ0n) is 14.4. The van der Waals surface area contributed by atoms with E-state index in [2.05, 4.69) is 97.1 Å². The van der Waals surface area contributed by atoms with Crippen molar-refractivity contribution in [3.05, 3.63) is 81.2 Å². The van der Waals surface area contributed by atoms with E-state index in [0.717, 1.165) is 8.95 Å². The summed E-state index contributed by atoms with van der Waals surface area (Å²) in [5.74, 6) is 0. The molecule has 0 radical (unpaired) electrons. The van der Waals surface area contributed by atoms with E-state index in [4.69, 9.17) is 0 Å². The lowest BCUT2D eigenvalue weighted by Gasteiger charge is -2.23. The first-order valence-corrected chi connectivity index (χ1v) is 10.2. The molecule has 2 unspecified atom stereocenters. The Labute approximate surface area is 169 Å². The van der Waals surface area contributed by atoms with Crippen LogP contribution in [0.3, 0.4) is 0 Å². The van der Waals surface area contributed by atoms with Crippen molar-refractivity contribution in [2.45, 2.75) is 25.5 Å². The van der Waals surface area contributed by atoms with E-state index < -0.39 is 6.10 Å². The van der Waals surface area contributed by atoms with Crippen LogP contribution in [0.25, 0.3) is 21.8 Å². The third-order valence-corrected chi connectivity index (χ3v) is 5.77. The van der Waals surface area contributed by atoms with Crippen molar-refractivity contribution in [1.82, 2.24) is 4.57 Å². The quantitative estimate of drug-likeness (QED) is 0.352. The summed E-state index contributed by atoms with van der Waals surface area (Å²) in [4.78, 5) is 0. The van der Waals surface area contributed by atoms with Crippen molar-refractivity contribution in [2.75, 3.05) is 0 Å². The molecule has 0 spiro atoms. The van der Waals surface area contributed by atoms with Crippen LogP contribution in [0.2, 0.25) is 0 Å². The van der Waals surface area contributed by atoms with Gasteiger partial charge in [-0.05, 0) is 55.3 Å². The highest BCUT2D eigenvalue weighted by molar-refractivity contribution is 9.10. The van der Waals surface area contributed by atoms with Crippen molar-refractivity contribution in [3.63, 3.8) is 0 Å². The summed E-state index contributed by atoms with van der Waals surface area (Å²) in [6.45, 7) is 1.86. The predicted molar refractivity (Wildman–Crippen MR) is 116 cm³/mol. The maximum atomic E-state index is 10.2. The number of hydrogen-bond donors (Lipinski definition) is 1. The molecule has 0 fully saturated rings. The number of aliphatic hydroxyl groups excluding tert-OH is 1. The number of nitrogens with zero attached hydrogens (tertiary/aromatic N) is 1. The summed E-state index contributed by atoms with van der Waals surface area (Å²) >= 11 is 7.21. The minimum Gasteiger partial charge on any atom is -0.393 e. The molecule has 2 nitrogen and oxygen atoms in total. The van der Waals surface area contributed by atoms with Gasteiger partial charge < -0.3 is 9.67 Å². The number of halogens is 2. The molecule has 1 heterocycles. The van der Waals surface area contributed by atoms with Crippen molar-refractivity contribution in [2.24, 2.45) is 0 Å². The number of benzene rings is 3. The van der Waals surface area contributed by atoms with Crippen LogP contribution in [0.4, 0.5) is 0 Å². The van der Waals surface area contributed by atoms with Crippen LogP contribution < -0.4 is 0 Å². The van der Waals surface area contributed by atoms with Crippen LogP contribution in [0.5, 0.6) is 0 Å². The summed E-state index contributed by atoms with van der Waals surface area (Å²) in [5.41, 5.74) is 3.56. The van der Waals surface area contributed by atoms with Crippen LogP contribution in [0.15, 0.2) is 75.7 Å². The molecule has 26 heavy (non-hydrogen) atoms. The molecule has 0 aliphatic heterocycles. The fourth-order valence-electron chi connectivity index (χ4n) is 3.72. The first-order chi connectivity index (χ1) is 12.5. The largest absolute Gasteiger partial charge is 0.393 e. The van der Waals surface area contributed by atoms with E-state index in [1.165, 1.54) is 27.4 Å². The Kier molecular flexibility index (Phi) is 4.91. The fourth-order valence-corrected chi connectivity index (χ4v) is 4.44. The lowest BCUT2D eigenvalue weighted by atomic mass is 10.0. The predicted octanol–water partition coefficient (Wildman–Crippen LogP) is 6.68. The van der Waals surface area contributed by atoms with E-state index in [1.54, 1.807) is 0 Å². The van der Waals surface area contributed by atoms with Crippen molar-refractivity contribution in [3.8, 4) is 0 Å². The molecule has 0 aliphatic rings. The normalized spacial score (nSPS) is 14.0. The fraction of sp³-hybridized carbons (Fsp3) is 0.182. The van der Waals surface area contributed by atoms with E-state index in [0.29, 0.717) is 6.42 Å². The van der Waals surface area contributed by atoms with Crippen molar-refractivity contribution >= 4 is 53.7 Å². The third-order valence-electron chi connectivity index (χ3n) is 4.79. The van der Waals surface area contributed by atoms with Gasteiger partial charge in [0.2, 0.25) is 0 Å². The Morgan fingerprint density at radius 1 is 0.846 bits per heavy atom. The molecule has 3 aromatic carbocycles. The molecule has 0 saturated carbocycles. The van der Waals surface area contributed by atoms with E-state index in [-0.39, 0.29) is 6.04 Å². The Hall–Kier alpha value is -1.62. The number of fused-ring (bicyclic) bond motifs is 3. The molecular weight excluding hydrogens is 454 g/mol. The Bertz CT molecular complexity index is 1010. The number of hydrogen-bond acceptors (Lipinski definition) is 1. The smallest absolute Gasteiger partial charge is 0.0616 e. The van der Waals surface area contributed by atoms with Crippen LogP contribution in [-0.2, 0) is 0 Å². The SMILES string of the molecule is CC(O)CC(c1ccccc1)n1c2ccc(Br)cc2c2cc(Br)ccc21. The van der Waals surface area contributed by atoms with Gasteiger partial charge in [-0.2, -0.15) is 0 Å². The highest BCUT2D eigenvalue weighted by Crippen LogP contribution is 2.38. The number of rotatable bonds is 4. The zero-order valence-corrected chi connectivity index (χ0v) is 17.5. The number of aliphatic hydroxyl groups is 1. The van der Waals surface area contributed by atoms with Crippen molar-refractivity contribution < 1.29 is 5.11 Å². The van der Waals surface area contributed by atoms with Crippen molar-refractivity contribution in [1.29, 1.82) is 0 Å². The van der Waals surface area contributed by atoms with E-state index >= 15 is 0 Å². The van der Waals surface area contributed by atoms with Gasteiger partial charge >= 0.3 is 0 Å². The first-order valence-electron chi connectivity index (χ1n) is 8.66. The lowest BCUT2D eigenvalue weighted by molar-refractivity contribution is 0.170. The van der Waals surface area contributed by atoms with E-state index in [1.807, 2.05) is 13.0 Å². The van der Waals surface area contributed by atoms with Gasteiger partial charge in [0.25, 0.3) is 0 Å². The van der Waals surface area contributed by atoms with Gasteiger partial charge in [-0.3, -0.25) is 0 Å². The highest BCUT2D eigenvalue weighted by Gasteiger charge is 2.21. The van der Waals surface area contributed by atoms with E-state index in [9.17, 15) is 5.11 Å². The van der Waals surface area contributed by atoms with Crippen LogP contribution in [0, 0.1) is 0 Å². The monoisotopic (exact) mass is 471 g/mol. The molecule has 4 rings (SSSR count). The molecule has 132 valence electrons. The third kappa shape index (κ3) is 3.22. The van der Waals surface area contributed by atoms with Gasteiger partial charge in [0.15, 0.2) is 0 Å². The molecule has 0 amide bonds. The van der Waals surface area contributed by atoms with Crippen LogP contribution in [0.1, 0.15) is 24.9 Å². The lowest BCUT2D eigenvalue weighted by Crippen LogP contribution is -2.16. The average molecular weight is 473 g/mol. The Morgan fingerprint density at radius 2 is 1.38 bits per heavy atom. The first kappa shape index (κ1) is 17.8. The molecular formula is C22H19Br2NO. The summed E-state index contributed by atoms with van der Waals surface area (Å²) in [7, 11) is 0. The summed E-state index contributed by atoms with van der Waals surface area (Å²) in [6, 6.07) is 23.3. The minimum absolute atomic E-state index is 0.0681. The molecule has 0 aliphatic carbocycles. The maximum Gasteiger partial charge on any atom is 0.0616 e. The topological polar surface area (TPSA) is 25.2 Å². The molecule has 4 aromatic rings. The minimum atomic E-state index is -0.390. The average Bonchev–Trinajstić information content (AvgIpc) is 2.93. The summed E-state index contributed by atoms with van der Waals surface area (Å²) < 4.78 is 4.50. The second kappa shape index (κ2) is 7.18. The highest BCUT2D eigenvalue weighted by atomic mass is 79.9.